The standard InChI is InChI=1S/C15H21BrO2/c1-3-5-6-7-10-18-15-9-8-12(11-13(15)16)14(17)4-2/h8-9,11H,3-7,10H2,1-2H3. The number of ether oxygens (including phenoxy) is 1. The first-order chi connectivity index (χ1) is 8.69. The molecule has 1 aromatic rings. The Hall–Kier alpha value is -0.830. The smallest absolute Gasteiger partial charge is 0.162 e. The lowest BCUT2D eigenvalue weighted by Gasteiger charge is -2.09. The van der Waals surface area contributed by atoms with Crippen LogP contribution in [-0.4, -0.2) is 12.4 Å². The third-order valence-electron chi connectivity index (χ3n) is 2.83. The molecule has 0 radical (unpaired) electrons. The minimum absolute atomic E-state index is 0.158. The van der Waals surface area contributed by atoms with E-state index in [1.54, 1.807) is 0 Å². The quantitative estimate of drug-likeness (QED) is 0.498. The number of ketones is 1. The molecule has 0 bridgehead atoms. The molecule has 0 heterocycles. The van der Waals surface area contributed by atoms with Crippen LogP contribution in [0.3, 0.4) is 0 Å². The molecular formula is C15H21BrO2. The Labute approximate surface area is 118 Å². The summed E-state index contributed by atoms with van der Waals surface area (Å²) in [6, 6.07) is 5.54. The molecule has 18 heavy (non-hydrogen) atoms. The van der Waals surface area contributed by atoms with E-state index in [1.807, 2.05) is 25.1 Å². The summed E-state index contributed by atoms with van der Waals surface area (Å²) in [5.41, 5.74) is 0.739. The lowest BCUT2D eigenvalue weighted by Crippen LogP contribution is -2.00. The minimum atomic E-state index is 0.158. The van der Waals surface area contributed by atoms with Gasteiger partial charge in [0.25, 0.3) is 0 Å². The number of carbonyl (C=O) groups is 1. The van der Waals surface area contributed by atoms with E-state index in [2.05, 4.69) is 22.9 Å². The molecule has 0 aromatic heterocycles. The summed E-state index contributed by atoms with van der Waals surface area (Å²) in [6.45, 7) is 4.80. The van der Waals surface area contributed by atoms with Crippen LogP contribution in [0, 0.1) is 0 Å². The lowest BCUT2D eigenvalue weighted by atomic mass is 10.1. The molecule has 0 unspecified atom stereocenters. The number of Topliss-reactive ketones (excluding diaryl/α,β-unsaturated/α-hetero) is 1. The highest BCUT2D eigenvalue weighted by Crippen LogP contribution is 2.26. The topological polar surface area (TPSA) is 26.3 Å². The fraction of sp³-hybridized carbons (Fsp3) is 0.533. The number of carbonyl (C=O) groups excluding carboxylic acids is 1. The minimum Gasteiger partial charge on any atom is -0.492 e. The number of benzene rings is 1. The van der Waals surface area contributed by atoms with Crippen LogP contribution in [0.15, 0.2) is 22.7 Å². The van der Waals surface area contributed by atoms with E-state index in [0.29, 0.717) is 6.42 Å². The zero-order valence-corrected chi connectivity index (χ0v) is 12.8. The molecule has 0 saturated heterocycles. The van der Waals surface area contributed by atoms with Crippen molar-refractivity contribution in [1.29, 1.82) is 0 Å². The van der Waals surface area contributed by atoms with Gasteiger partial charge in [-0.1, -0.05) is 33.1 Å². The highest BCUT2D eigenvalue weighted by molar-refractivity contribution is 9.10. The Kier molecular flexibility index (Phi) is 7.02. The van der Waals surface area contributed by atoms with Crippen molar-refractivity contribution >= 4 is 21.7 Å². The second-order valence-electron chi connectivity index (χ2n) is 4.33. The molecule has 0 aliphatic heterocycles. The van der Waals surface area contributed by atoms with E-state index in [9.17, 15) is 4.79 Å². The van der Waals surface area contributed by atoms with Crippen molar-refractivity contribution in [3.8, 4) is 5.75 Å². The van der Waals surface area contributed by atoms with Crippen LogP contribution in [0.25, 0.3) is 0 Å². The summed E-state index contributed by atoms with van der Waals surface area (Å²) >= 11 is 3.45. The number of hydrogen-bond donors (Lipinski definition) is 0. The molecule has 0 N–H and O–H groups in total. The van der Waals surface area contributed by atoms with Crippen molar-refractivity contribution < 1.29 is 9.53 Å². The van der Waals surface area contributed by atoms with Gasteiger partial charge in [0.15, 0.2) is 5.78 Å². The van der Waals surface area contributed by atoms with E-state index < -0.39 is 0 Å². The molecule has 0 aliphatic rings. The fourth-order valence-electron chi connectivity index (χ4n) is 1.71. The number of hydrogen-bond acceptors (Lipinski definition) is 2. The molecule has 0 amide bonds. The van der Waals surface area contributed by atoms with Crippen molar-refractivity contribution in [1.82, 2.24) is 0 Å². The Morgan fingerprint density at radius 2 is 2.00 bits per heavy atom. The van der Waals surface area contributed by atoms with E-state index in [1.165, 1.54) is 19.3 Å². The normalized spacial score (nSPS) is 10.4. The Bertz CT molecular complexity index is 388. The Morgan fingerprint density at radius 3 is 2.61 bits per heavy atom. The van der Waals surface area contributed by atoms with Gasteiger partial charge in [-0.25, -0.2) is 0 Å². The first kappa shape index (κ1) is 15.2. The van der Waals surface area contributed by atoms with Gasteiger partial charge in [0.2, 0.25) is 0 Å². The van der Waals surface area contributed by atoms with E-state index in [0.717, 1.165) is 28.8 Å². The molecule has 3 heteroatoms. The van der Waals surface area contributed by atoms with Crippen LogP contribution >= 0.6 is 15.9 Å². The molecule has 0 atom stereocenters. The average molecular weight is 313 g/mol. The summed E-state index contributed by atoms with van der Waals surface area (Å²) in [7, 11) is 0. The molecule has 0 saturated carbocycles. The zero-order chi connectivity index (χ0) is 13.4. The van der Waals surface area contributed by atoms with Gasteiger partial charge in [0.1, 0.15) is 5.75 Å². The first-order valence-corrected chi connectivity index (χ1v) is 7.43. The summed E-state index contributed by atoms with van der Waals surface area (Å²) in [5, 5.41) is 0. The maximum atomic E-state index is 11.5. The summed E-state index contributed by atoms with van der Waals surface area (Å²) in [5.74, 6) is 0.976. The van der Waals surface area contributed by atoms with Gasteiger partial charge in [-0.05, 0) is 40.5 Å². The predicted octanol–water partition coefficient (Wildman–Crippen LogP) is 5.00. The maximum absolute atomic E-state index is 11.5. The van der Waals surface area contributed by atoms with Crippen LogP contribution in [-0.2, 0) is 0 Å². The van der Waals surface area contributed by atoms with Gasteiger partial charge in [-0.2, -0.15) is 0 Å². The SMILES string of the molecule is CCCCCCOc1ccc(C(=O)CC)cc1Br. The molecule has 0 fully saturated rings. The first-order valence-electron chi connectivity index (χ1n) is 6.64. The molecule has 0 spiro atoms. The maximum Gasteiger partial charge on any atom is 0.162 e. The zero-order valence-electron chi connectivity index (χ0n) is 11.2. The Balaban J connectivity index is 2.49. The number of halogens is 1. The highest BCUT2D eigenvalue weighted by Gasteiger charge is 2.07. The predicted molar refractivity (Wildman–Crippen MR) is 78.4 cm³/mol. The van der Waals surface area contributed by atoms with Gasteiger partial charge >= 0.3 is 0 Å². The van der Waals surface area contributed by atoms with E-state index in [-0.39, 0.29) is 5.78 Å². The third kappa shape index (κ3) is 4.81. The van der Waals surface area contributed by atoms with Gasteiger partial charge in [-0.15, -0.1) is 0 Å². The van der Waals surface area contributed by atoms with Crippen LogP contribution in [0.5, 0.6) is 5.75 Å². The van der Waals surface area contributed by atoms with Gasteiger partial charge in [0, 0.05) is 12.0 Å². The fourth-order valence-corrected chi connectivity index (χ4v) is 2.20. The Morgan fingerprint density at radius 1 is 1.22 bits per heavy atom. The van der Waals surface area contributed by atoms with Crippen LogP contribution in [0.2, 0.25) is 0 Å². The molecule has 0 aliphatic carbocycles. The van der Waals surface area contributed by atoms with Crippen molar-refractivity contribution in [3.63, 3.8) is 0 Å². The second kappa shape index (κ2) is 8.30. The summed E-state index contributed by atoms with van der Waals surface area (Å²) < 4.78 is 6.55. The van der Waals surface area contributed by atoms with Crippen LogP contribution in [0.1, 0.15) is 56.3 Å². The summed E-state index contributed by atoms with van der Waals surface area (Å²) in [4.78, 5) is 11.5. The largest absolute Gasteiger partial charge is 0.492 e. The van der Waals surface area contributed by atoms with Crippen molar-refractivity contribution in [3.05, 3.63) is 28.2 Å². The highest BCUT2D eigenvalue weighted by atomic mass is 79.9. The molecule has 1 aromatic carbocycles. The molecule has 100 valence electrons. The van der Waals surface area contributed by atoms with Gasteiger partial charge in [-0.3, -0.25) is 4.79 Å². The average Bonchev–Trinajstić information content (AvgIpc) is 2.39. The van der Waals surface area contributed by atoms with E-state index in [4.69, 9.17) is 4.74 Å². The third-order valence-corrected chi connectivity index (χ3v) is 3.45. The molecule has 1 rings (SSSR count). The lowest BCUT2D eigenvalue weighted by molar-refractivity contribution is 0.0988. The van der Waals surface area contributed by atoms with E-state index >= 15 is 0 Å². The molecular weight excluding hydrogens is 292 g/mol. The van der Waals surface area contributed by atoms with Crippen molar-refractivity contribution in [2.75, 3.05) is 6.61 Å². The van der Waals surface area contributed by atoms with Crippen LogP contribution < -0.4 is 4.74 Å². The van der Waals surface area contributed by atoms with Crippen molar-refractivity contribution in [2.45, 2.75) is 46.0 Å². The van der Waals surface area contributed by atoms with Gasteiger partial charge in [0.05, 0.1) is 11.1 Å². The summed E-state index contributed by atoms with van der Waals surface area (Å²) in [6.07, 6.45) is 5.31. The second-order valence-corrected chi connectivity index (χ2v) is 5.19. The monoisotopic (exact) mass is 312 g/mol. The number of rotatable bonds is 8. The molecule has 2 nitrogen and oxygen atoms in total. The van der Waals surface area contributed by atoms with Crippen molar-refractivity contribution in [2.24, 2.45) is 0 Å². The van der Waals surface area contributed by atoms with Gasteiger partial charge < -0.3 is 4.74 Å². The number of unbranched alkanes of at least 4 members (excludes halogenated alkanes) is 3. The van der Waals surface area contributed by atoms with Crippen LogP contribution in [0.4, 0.5) is 0 Å².